The van der Waals surface area contributed by atoms with E-state index in [0.29, 0.717) is 0 Å². The van der Waals surface area contributed by atoms with E-state index < -0.39 is 5.38 Å². The lowest BCUT2D eigenvalue weighted by molar-refractivity contribution is 0.294. The Morgan fingerprint density at radius 2 is 1.91 bits per heavy atom. The second-order valence-corrected chi connectivity index (χ2v) is 2.73. The van der Waals surface area contributed by atoms with Gasteiger partial charge in [0.15, 0.2) is 0 Å². The van der Waals surface area contributed by atoms with E-state index in [1.165, 1.54) is 12.1 Å². The minimum absolute atomic E-state index is 0.132. The van der Waals surface area contributed by atoms with Gasteiger partial charge in [-0.15, -0.1) is 11.6 Å². The molecule has 0 bridgehead atoms. The summed E-state index contributed by atoms with van der Waals surface area (Å²) in [7, 11) is 0. The summed E-state index contributed by atoms with van der Waals surface area (Å²) < 4.78 is 12.3. The molecule has 0 radical (unpaired) electrons. The third-order valence-electron chi connectivity index (χ3n) is 1.39. The van der Waals surface area contributed by atoms with Crippen molar-refractivity contribution in [1.82, 2.24) is 0 Å². The van der Waals surface area contributed by atoms with E-state index in [4.69, 9.17) is 16.7 Å². The Labute approximate surface area is 69.4 Å². The van der Waals surface area contributed by atoms with Crippen LogP contribution in [0.1, 0.15) is 10.9 Å². The molecule has 0 fully saturated rings. The summed E-state index contributed by atoms with van der Waals surface area (Å²) in [4.78, 5) is 0. The highest BCUT2D eigenvalue weighted by atomic mass is 35.5. The largest absolute Gasteiger partial charge is 0.394 e. The Morgan fingerprint density at radius 3 is 2.36 bits per heavy atom. The number of alkyl halides is 1. The summed E-state index contributed by atoms with van der Waals surface area (Å²) in [6.07, 6.45) is 0. The average molecular weight is 175 g/mol. The Morgan fingerprint density at radius 1 is 1.36 bits per heavy atom. The van der Waals surface area contributed by atoms with E-state index in [0.717, 1.165) is 5.56 Å². The molecular formula is C8H8ClFO. The van der Waals surface area contributed by atoms with Gasteiger partial charge in [-0.05, 0) is 17.7 Å². The van der Waals surface area contributed by atoms with Crippen LogP contribution in [0.25, 0.3) is 0 Å². The zero-order chi connectivity index (χ0) is 8.27. The molecular weight excluding hydrogens is 167 g/mol. The highest BCUT2D eigenvalue weighted by Crippen LogP contribution is 2.19. The quantitative estimate of drug-likeness (QED) is 0.681. The summed E-state index contributed by atoms with van der Waals surface area (Å²) in [5, 5.41) is 8.20. The lowest BCUT2D eigenvalue weighted by Gasteiger charge is -2.04. The predicted octanol–water partition coefficient (Wildman–Crippen LogP) is 2.10. The predicted molar refractivity (Wildman–Crippen MR) is 42.1 cm³/mol. The van der Waals surface area contributed by atoms with E-state index in [9.17, 15) is 4.39 Å². The van der Waals surface area contributed by atoms with Gasteiger partial charge in [0.05, 0.1) is 12.0 Å². The number of hydrogen-bond acceptors (Lipinski definition) is 1. The molecule has 1 rings (SSSR count). The Hall–Kier alpha value is -0.600. The molecule has 0 heterocycles. The lowest BCUT2D eigenvalue weighted by Crippen LogP contribution is -1.95. The Balaban J connectivity index is 2.81. The van der Waals surface area contributed by atoms with Crippen molar-refractivity contribution < 1.29 is 9.50 Å². The van der Waals surface area contributed by atoms with E-state index in [-0.39, 0.29) is 12.4 Å². The van der Waals surface area contributed by atoms with Crippen molar-refractivity contribution in [2.24, 2.45) is 0 Å². The summed E-state index contributed by atoms with van der Waals surface area (Å²) >= 11 is 5.67. The van der Waals surface area contributed by atoms with Crippen molar-refractivity contribution in [3.8, 4) is 0 Å². The molecule has 0 aliphatic heterocycles. The zero-order valence-corrected chi connectivity index (χ0v) is 6.55. The fourth-order valence-electron chi connectivity index (χ4n) is 0.777. The highest BCUT2D eigenvalue weighted by molar-refractivity contribution is 6.20. The molecule has 0 amide bonds. The van der Waals surface area contributed by atoms with Crippen LogP contribution in [0.5, 0.6) is 0 Å². The molecule has 1 aromatic rings. The number of benzene rings is 1. The summed E-state index contributed by atoms with van der Waals surface area (Å²) in [5.41, 5.74) is 0.732. The fourth-order valence-corrected chi connectivity index (χ4v) is 0.922. The van der Waals surface area contributed by atoms with Crippen molar-refractivity contribution in [2.45, 2.75) is 5.38 Å². The van der Waals surface area contributed by atoms with Gasteiger partial charge >= 0.3 is 0 Å². The number of aliphatic hydroxyl groups is 1. The van der Waals surface area contributed by atoms with Gasteiger partial charge in [0.25, 0.3) is 0 Å². The van der Waals surface area contributed by atoms with Crippen LogP contribution in [0.3, 0.4) is 0 Å². The topological polar surface area (TPSA) is 20.2 Å². The van der Waals surface area contributed by atoms with Crippen molar-refractivity contribution in [3.05, 3.63) is 35.6 Å². The van der Waals surface area contributed by atoms with E-state index in [1.807, 2.05) is 0 Å². The standard InChI is InChI=1S/C8H8ClFO/c9-8(5-11)6-1-3-7(10)4-2-6/h1-4,8,11H,5H2/t8-/m1/s1. The molecule has 3 heteroatoms. The van der Waals surface area contributed by atoms with E-state index in [2.05, 4.69) is 0 Å². The van der Waals surface area contributed by atoms with Crippen molar-refractivity contribution in [1.29, 1.82) is 0 Å². The van der Waals surface area contributed by atoms with Gasteiger partial charge in [0.1, 0.15) is 5.82 Å². The van der Waals surface area contributed by atoms with Gasteiger partial charge in [-0.25, -0.2) is 4.39 Å². The third-order valence-corrected chi connectivity index (χ3v) is 1.78. The second kappa shape index (κ2) is 3.69. The van der Waals surface area contributed by atoms with Gasteiger partial charge in [0, 0.05) is 0 Å². The Bertz CT molecular complexity index is 222. The number of aliphatic hydroxyl groups excluding tert-OH is 1. The molecule has 0 saturated carbocycles. The average Bonchev–Trinajstić information content (AvgIpc) is 2.05. The van der Waals surface area contributed by atoms with Crippen molar-refractivity contribution in [3.63, 3.8) is 0 Å². The number of halogens is 2. The molecule has 1 N–H and O–H groups in total. The maximum Gasteiger partial charge on any atom is 0.123 e. The molecule has 0 saturated heterocycles. The first-order chi connectivity index (χ1) is 5.24. The maximum atomic E-state index is 12.3. The monoisotopic (exact) mass is 174 g/mol. The number of rotatable bonds is 2. The molecule has 1 aromatic carbocycles. The molecule has 1 nitrogen and oxygen atoms in total. The molecule has 1 atom stereocenters. The van der Waals surface area contributed by atoms with Crippen LogP contribution in [0.4, 0.5) is 4.39 Å². The molecule has 0 unspecified atom stereocenters. The first kappa shape index (κ1) is 8.50. The van der Waals surface area contributed by atoms with Crippen LogP contribution >= 0.6 is 11.6 Å². The number of hydrogen-bond donors (Lipinski definition) is 1. The summed E-state index contributed by atoms with van der Waals surface area (Å²) in [6, 6.07) is 5.76. The van der Waals surface area contributed by atoms with Crippen molar-refractivity contribution >= 4 is 11.6 Å². The van der Waals surface area contributed by atoms with Crippen LogP contribution in [0.15, 0.2) is 24.3 Å². The van der Waals surface area contributed by atoms with E-state index >= 15 is 0 Å². The molecule has 0 aliphatic carbocycles. The van der Waals surface area contributed by atoms with Crippen LogP contribution in [-0.4, -0.2) is 11.7 Å². The minimum Gasteiger partial charge on any atom is -0.394 e. The van der Waals surface area contributed by atoms with Crippen molar-refractivity contribution in [2.75, 3.05) is 6.61 Å². The zero-order valence-electron chi connectivity index (χ0n) is 5.80. The van der Waals surface area contributed by atoms with Crippen LogP contribution < -0.4 is 0 Å². The normalized spacial score (nSPS) is 13.0. The van der Waals surface area contributed by atoms with Gasteiger partial charge in [0.2, 0.25) is 0 Å². The first-order valence-corrected chi connectivity index (χ1v) is 3.68. The van der Waals surface area contributed by atoms with Gasteiger partial charge in [-0.2, -0.15) is 0 Å². The molecule has 0 spiro atoms. The smallest absolute Gasteiger partial charge is 0.123 e. The SMILES string of the molecule is OC[C@@H](Cl)c1ccc(F)cc1. The van der Waals surface area contributed by atoms with Crippen LogP contribution in [0, 0.1) is 5.82 Å². The Kier molecular flexibility index (Phi) is 2.85. The van der Waals surface area contributed by atoms with Gasteiger partial charge in [-0.1, -0.05) is 12.1 Å². The molecule has 0 aromatic heterocycles. The second-order valence-electron chi connectivity index (χ2n) is 2.20. The minimum atomic E-state index is -0.435. The highest BCUT2D eigenvalue weighted by Gasteiger charge is 2.04. The maximum absolute atomic E-state index is 12.3. The van der Waals surface area contributed by atoms with Crippen LogP contribution in [-0.2, 0) is 0 Å². The third kappa shape index (κ3) is 2.17. The molecule has 0 aliphatic rings. The van der Waals surface area contributed by atoms with E-state index in [1.54, 1.807) is 12.1 Å². The molecule has 11 heavy (non-hydrogen) atoms. The summed E-state index contributed by atoms with van der Waals surface area (Å²) in [6.45, 7) is -0.132. The first-order valence-electron chi connectivity index (χ1n) is 3.24. The lowest BCUT2D eigenvalue weighted by atomic mass is 10.1. The van der Waals surface area contributed by atoms with Gasteiger partial charge in [-0.3, -0.25) is 0 Å². The van der Waals surface area contributed by atoms with Gasteiger partial charge < -0.3 is 5.11 Å². The fraction of sp³-hybridized carbons (Fsp3) is 0.250. The summed E-state index contributed by atoms with van der Waals surface area (Å²) in [5.74, 6) is -0.296. The molecule has 60 valence electrons. The van der Waals surface area contributed by atoms with Crippen LogP contribution in [0.2, 0.25) is 0 Å².